The van der Waals surface area contributed by atoms with Crippen molar-refractivity contribution in [1.82, 2.24) is 4.90 Å². The fraction of sp³-hybridized carbons (Fsp3) is 1.00. The molecule has 1 heterocycles. The zero-order valence-electron chi connectivity index (χ0n) is 14.2. The van der Waals surface area contributed by atoms with E-state index in [9.17, 15) is 0 Å². The molecule has 2 unspecified atom stereocenters. The Kier molecular flexibility index (Phi) is 8.73. The summed E-state index contributed by atoms with van der Waals surface area (Å²) < 4.78 is 0. The summed E-state index contributed by atoms with van der Waals surface area (Å²) in [5.41, 5.74) is 6.64. The number of nitrogens with two attached hydrogens (primary N) is 1. The van der Waals surface area contributed by atoms with Gasteiger partial charge in [0.25, 0.3) is 0 Å². The Morgan fingerprint density at radius 2 is 0.952 bits per heavy atom. The van der Waals surface area contributed by atoms with Crippen LogP contribution in [0.5, 0.6) is 0 Å². The van der Waals surface area contributed by atoms with Crippen LogP contribution in [-0.2, 0) is 0 Å². The Morgan fingerprint density at radius 1 is 0.524 bits per heavy atom. The van der Waals surface area contributed by atoms with Crippen molar-refractivity contribution in [3.05, 3.63) is 0 Å². The smallest absolute Gasteiger partial charge is 0.0247 e. The first kappa shape index (κ1) is 17.3. The first-order valence-electron chi connectivity index (χ1n) is 9.87. The van der Waals surface area contributed by atoms with Crippen molar-refractivity contribution < 1.29 is 0 Å². The molecule has 2 rings (SSSR count). The molecule has 1 aliphatic carbocycles. The highest BCUT2D eigenvalue weighted by Gasteiger charge is 2.24. The van der Waals surface area contributed by atoms with Crippen LogP contribution in [0.15, 0.2) is 0 Å². The zero-order valence-corrected chi connectivity index (χ0v) is 14.2. The van der Waals surface area contributed by atoms with E-state index in [1.165, 1.54) is 109 Å². The second-order valence-corrected chi connectivity index (χ2v) is 7.44. The molecule has 124 valence electrons. The van der Waals surface area contributed by atoms with Crippen LogP contribution in [0, 0.1) is 0 Å². The molecule has 1 saturated heterocycles. The maximum absolute atomic E-state index is 6.64. The Morgan fingerprint density at radius 3 is 1.52 bits per heavy atom. The lowest BCUT2D eigenvalue weighted by Crippen LogP contribution is -2.49. The summed E-state index contributed by atoms with van der Waals surface area (Å²) in [6, 6.07) is 1.09. The fourth-order valence-corrected chi connectivity index (χ4v) is 4.26. The largest absolute Gasteiger partial charge is 0.326 e. The van der Waals surface area contributed by atoms with Gasteiger partial charge in [0.15, 0.2) is 0 Å². The van der Waals surface area contributed by atoms with Crippen molar-refractivity contribution in [1.29, 1.82) is 0 Å². The molecule has 0 aromatic carbocycles. The molecule has 2 heteroatoms. The molecular formula is C19H38N2. The summed E-state index contributed by atoms with van der Waals surface area (Å²) in [4.78, 5) is 2.77. The quantitative estimate of drug-likeness (QED) is 0.748. The van der Waals surface area contributed by atoms with Crippen molar-refractivity contribution in [2.24, 2.45) is 5.73 Å². The van der Waals surface area contributed by atoms with E-state index in [2.05, 4.69) is 4.90 Å². The van der Waals surface area contributed by atoms with Crippen molar-refractivity contribution in [2.75, 3.05) is 13.1 Å². The summed E-state index contributed by atoms with van der Waals surface area (Å²) in [6.45, 7) is 2.61. The third-order valence-corrected chi connectivity index (χ3v) is 5.64. The highest BCUT2D eigenvalue weighted by molar-refractivity contribution is 4.83. The summed E-state index contributed by atoms with van der Waals surface area (Å²) in [5, 5.41) is 0. The number of nitrogens with zero attached hydrogens (tertiary/aromatic N) is 1. The summed E-state index contributed by atoms with van der Waals surface area (Å²) in [5.74, 6) is 0. The summed E-state index contributed by atoms with van der Waals surface area (Å²) in [7, 11) is 0. The lowest BCUT2D eigenvalue weighted by molar-refractivity contribution is 0.140. The monoisotopic (exact) mass is 294 g/mol. The average molecular weight is 295 g/mol. The first-order chi connectivity index (χ1) is 10.4. The molecule has 21 heavy (non-hydrogen) atoms. The van der Waals surface area contributed by atoms with Gasteiger partial charge < -0.3 is 5.73 Å². The first-order valence-corrected chi connectivity index (χ1v) is 9.87. The van der Waals surface area contributed by atoms with Gasteiger partial charge in [0, 0.05) is 12.1 Å². The minimum Gasteiger partial charge on any atom is -0.326 e. The average Bonchev–Trinajstić information content (AvgIpc) is 2.44. The van der Waals surface area contributed by atoms with Gasteiger partial charge >= 0.3 is 0 Å². The molecule has 0 amide bonds. The van der Waals surface area contributed by atoms with E-state index in [1.807, 2.05) is 0 Å². The molecule has 0 bridgehead atoms. The SMILES string of the molecule is NC1CCCCCCCCCCC1N1CCCCCCC1. The zero-order chi connectivity index (χ0) is 14.8. The van der Waals surface area contributed by atoms with E-state index in [4.69, 9.17) is 5.73 Å². The standard InChI is InChI=1S/C19H38N2/c20-18-14-10-6-3-1-2-4-7-11-15-19(18)21-16-12-8-5-9-13-17-21/h18-19H,1-17,20H2. The minimum absolute atomic E-state index is 0.420. The van der Waals surface area contributed by atoms with E-state index in [1.54, 1.807) is 0 Å². The molecule has 2 fully saturated rings. The molecule has 1 aliphatic heterocycles. The van der Waals surface area contributed by atoms with Crippen LogP contribution < -0.4 is 5.73 Å². The van der Waals surface area contributed by atoms with E-state index < -0.39 is 0 Å². The molecular weight excluding hydrogens is 256 g/mol. The maximum Gasteiger partial charge on any atom is 0.0247 e. The second-order valence-electron chi connectivity index (χ2n) is 7.44. The van der Waals surface area contributed by atoms with Gasteiger partial charge in [-0.25, -0.2) is 0 Å². The van der Waals surface area contributed by atoms with E-state index in [-0.39, 0.29) is 0 Å². The van der Waals surface area contributed by atoms with Gasteiger partial charge in [0.05, 0.1) is 0 Å². The lowest BCUT2D eigenvalue weighted by Gasteiger charge is -2.37. The molecule has 2 aliphatic rings. The van der Waals surface area contributed by atoms with Crippen LogP contribution in [0.3, 0.4) is 0 Å². The fourth-order valence-electron chi connectivity index (χ4n) is 4.26. The maximum atomic E-state index is 6.64. The normalized spacial score (nSPS) is 32.4. The highest BCUT2D eigenvalue weighted by atomic mass is 15.2. The van der Waals surface area contributed by atoms with Crippen LogP contribution in [0.4, 0.5) is 0 Å². The summed E-state index contributed by atoms with van der Waals surface area (Å²) >= 11 is 0. The Hall–Kier alpha value is -0.0800. The van der Waals surface area contributed by atoms with Crippen molar-refractivity contribution in [2.45, 2.75) is 108 Å². The molecule has 1 saturated carbocycles. The second kappa shape index (κ2) is 10.6. The van der Waals surface area contributed by atoms with Crippen LogP contribution in [-0.4, -0.2) is 30.1 Å². The van der Waals surface area contributed by atoms with E-state index >= 15 is 0 Å². The predicted octanol–water partition coefficient (Wildman–Crippen LogP) is 4.86. The van der Waals surface area contributed by atoms with Gasteiger partial charge in [0.1, 0.15) is 0 Å². The van der Waals surface area contributed by atoms with E-state index in [0.29, 0.717) is 12.1 Å². The van der Waals surface area contributed by atoms with Crippen LogP contribution >= 0.6 is 0 Å². The Balaban J connectivity index is 1.89. The van der Waals surface area contributed by atoms with Gasteiger partial charge in [-0.3, -0.25) is 4.90 Å². The van der Waals surface area contributed by atoms with Crippen molar-refractivity contribution in [3.8, 4) is 0 Å². The number of rotatable bonds is 1. The molecule has 2 N–H and O–H groups in total. The number of hydrogen-bond acceptors (Lipinski definition) is 2. The van der Waals surface area contributed by atoms with Crippen LogP contribution in [0.25, 0.3) is 0 Å². The molecule has 2 atom stereocenters. The van der Waals surface area contributed by atoms with E-state index in [0.717, 1.165) is 0 Å². The topological polar surface area (TPSA) is 29.3 Å². The van der Waals surface area contributed by atoms with Gasteiger partial charge in [0.2, 0.25) is 0 Å². The molecule has 2 nitrogen and oxygen atoms in total. The Bertz CT molecular complexity index is 246. The molecule has 0 radical (unpaired) electrons. The van der Waals surface area contributed by atoms with Gasteiger partial charge in [-0.2, -0.15) is 0 Å². The number of likely N-dealkylation sites (tertiary alicyclic amines) is 1. The van der Waals surface area contributed by atoms with Crippen LogP contribution in [0.2, 0.25) is 0 Å². The summed E-state index contributed by atoms with van der Waals surface area (Å²) in [6.07, 6.45) is 21.1. The third-order valence-electron chi connectivity index (χ3n) is 5.64. The Labute approximate surface area is 132 Å². The molecule has 0 aromatic heterocycles. The van der Waals surface area contributed by atoms with Gasteiger partial charge in [-0.15, -0.1) is 0 Å². The van der Waals surface area contributed by atoms with Crippen molar-refractivity contribution >= 4 is 0 Å². The predicted molar refractivity (Wildman–Crippen MR) is 92.6 cm³/mol. The molecule has 0 spiro atoms. The minimum atomic E-state index is 0.420. The number of hydrogen-bond donors (Lipinski definition) is 1. The van der Waals surface area contributed by atoms with Gasteiger partial charge in [-0.05, 0) is 38.8 Å². The third kappa shape index (κ3) is 6.69. The van der Waals surface area contributed by atoms with Crippen molar-refractivity contribution in [3.63, 3.8) is 0 Å². The van der Waals surface area contributed by atoms with Gasteiger partial charge in [-0.1, -0.05) is 70.6 Å². The highest BCUT2D eigenvalue weighted by Crippen LogP contribution is 2.22. The molecule has 0 aromatic rings. The lowest BCUT2D eigenvalue weighted by atomic mass is 9.92. The van der Waals surface area contributed by atoms with Crippen LogP contribution in [0.1, 0.15) is 96.3 Å².